The molecule has 3 aromatic rings. The maximum atomic E-state index is 13.5. The summed E-state index contributed by atoms with van der Waals surface area (Å²) in [5.41, 5.74) is 1.39. The van der Waals surface area contributed by atoms with Crippen LogP contribution in [0, 0.1) is 12.7 Å². The summed E-state index contributed by atoms with van der Waals surface area (Å²) in [6.45, 7) is 6.73. The van der Waals surface area contributed by atoms with Crippen molar-refractivity contribution in [3.8, 4) is 0 Å². The molecule has 1 atom stereocenters. The van der Waals surface area contributed by atoms with Crippen LogP contribution in [0.5, 0.6) is 0 Å². The van der Waals surface area contributed by atoms with Crippen molar-refractivity contribution in [2.45, 2.75) is 46.3 Å². The van der Waals surface area contributed by atoms with E-state index in [9.17, 15) is 14.0 Å². The first-order valence-corrected chi connectivity index (χ1v) is 12.4. The van der Waals surface area contributed by atoms with Gasteiger partial charge in [0.25, 0.3) is 0 Å². The highest BCUT2D eigenvalue weighted by atomic mass is 35.5. The van der Waals surface area contributed by atoms with Crippen LogP contribution < -0.4 is 5.32 Å². The first-order valence-electron chi connectivity index (χ1n) is 11.2. The number of halogens is 2. The first kappa shape index (κ1) is 25.7. The van der Waals surface area contributed by atoms with Crippen LogP contribution in [-0.4, -0.2) is 34.3 Å². The minimum atomic E-state index is -0.561. The number of thiophene rings is 1. The Morgan fingerprint density at radius 2 is 1.82 bits per heavy atom. The molecule has 0 aliphatic carbocycles. The zero-order chi connectivity index (χ0) is 24.7. The zero-order valence-corrected chi connectivity index (χ0v) is 21.1. The Labute approximate surface area is 209 Å². The van der Waals surface area contributed by atoms with Gasteiger partial charge in [-0.25, -0.2) is 9.18 Å². The normalized spacial score (nSPS) is 11.7. The number of urea groups is 1. The Morgan fingerprint density at radius 3 is 2.44 bits per heavy atom. The summed E-state index contributed by atoms with van der Waals surface area (Å²) < 4.78 is 13.5. The molecule has 0 fully saturated rings. The van der Waals surface area contributed by atoms with E-state index in [0.717, 1.165) is 10.4 Å². The molecule has 0 bridgehead atoms. The van der Waals surface area contributed by atoms with Gasteiger partial charge in [-0.2, -0.15) is 0 Å². The number of rotatable bonds is 9. The predicted molar refractivity (Wildman–Crippen MR) is 137 cm³/mol. The third-order valence-electron chi connectivity index (χ3n) is 5.57. The van der Waals surface area contributed by atoms with Gasteiger partial charge in [0.1, 0.15) is 12.4 Å². The van der Waals surface area contributed by atoms with Gasteiger partial charge in [-0.05, 0) is 56.2 Å². The molecule has 0 saturated carbocycles. The number of nitrogens with zero attached hydrogens (tertiary/aromatic N) is 2. The van der Waals surface area contributed by atoms with Crippen LogP contribution in [0.4, 0.5) is 14.9 Å². The third kappa shape index (κ3) is 7.05. The number of amides is 3. The van der Waals surface area contributed by atoms with Crippen molar-refractivity contribution >= 4 is 40.6 Å². The molecule has 34 heavy (non-hydrogen) atoms. The highest BCUT2D eigenvalue weighted by Crippen LogP contribution is 2.21. The molecule has 1 unspecified atom stereocenters. The molecule has 1 aromatic heterocycles. The van der Waals surface area contributed by atoms with Gasteiger partial charge < -0.3 is 15.1 Å². The van der Waals surface area contributed by atoms with Crippen molar-refractivity contribution in [2.24, 2.45) is 0 Å². The molecule has 0 spiro atoms. The Hall–Kier alpha value is -2.90. The number of carbonyl (C=O) groups excluding carboxylic acids is 2. The fraction of sp³-hybridized carbons (Fsp3) is 0.308. The van der Waals surface area contributed by atoms with E-state index in [1.165, 1.54) is 28.0 Å². The van der Waals surface area contributed by atoms with Crippen LogP contribution in [0.1, 0.15) is 35.6 Å². The smallest absolute Gasteiger partial charge is 0.322 e. The molecule has 1 N–H and O–H groups in total. The van der Waals surface area contributed by atoms with Crippen molar-refractivity contribution in [1.82, 2.24) is 9.80 Å². The second-order valence-corrected chi connectivity index (χ2v) is 9.97. The summed E-state index contributed by atoms with van der Waals surface area (Å²) in [5, 5.41) is 2.66. The summed E-state index contributed by atoms with van der Waals surface area (Å²) in [7, 11) is 0. The standard InChI is InChI=1S/C26H29ClFN3O2S/c1-4-18(2)31(26(33)29-21-11-13-24(28)23(27)14-21)17-25(32)30(15-20-8-6-5-7-9-20)16-22-12-10-19(3)34-22/h5-14,18H,4,15-17H2,1-3H3,(H,29,33). The molecule has 180 valence electrons. The van der Waals surface area contributed by atoms with E-state index in [-0.39, 0.29) is 23.5 Å². The monoisotopic (exact) mass is 501 g/mol. The highest BCUT2D eigenvalue weighted by molar-refractivity contribution is 7.11. The number of carbonyl (C=O) groups is 2. The van der Waals surface area contributed by atoms with E-state index in [1.54, 1.807) is 16.2 Å². The molecular formula is C26H29ClFN3O2S. The second kappa shape index (κ2) is 12.0. The predicted octanol–water partition coefficient (Wildman–Crippen LogP) is 6.71. The summed E-state index contributed by atoms with van der Waals surface area (Å²) in [6, 6.07) is 17.2. The molecule has 0 aliphatic rings. The average molecular weight is 502 g/mol. The minimum absolute atomic E-state index is 0.0764. The fourth-order valence-corrected chi connectivity index (χ4v) is 4.54. The van der Waals surface area contributed by atoms with E-state index in [2.05, 4.69) is 5.32 Å². The van der Waals surface area contributed by atoms with Crippen molar-refractivity contribution in [3.63, 3.8) is 0 Å². The quantitative estimate of drug-likeness (QED) is 0.354. The average Bonchev–Trinajstić information content (AvgIpc) is 3.24. The summed E-state index contributed by atoms with van der Waals surface area (Å²) in [6.07, 6.45) is 0.674. The van der Waals surface area contributed by atoms with Gasteiger partial charge in [-0.3, -0.25) is 4.79 Å². The van der Waals surface area contributed by atoms with Crippen molar-refractivity contribution in [1.29, 1.82) is 0 Å². The molecular weight excluding hydrogens is 473 g/mol. The maximum absolute atomic E-state index is 13.5. The van der Waals surface area contributed by atoms with E-state index in [1.807, 2.05) is 63.2 Å². The van der Waals surface area contributed by atoms with Crippen LogP contribution >= 0.6 is 22.9 Å². The lowest BCUT2D eigenvalue weighted by Gasteiger charge is -2.31. The molecule has 0 aliphatic heterocycles. The van der Waals surface area contributed by atoms with Gasteiger partial charge in [0.05, 0.1) is 11.6 Å². The molecule has 0 saturated heterocycles. The minimum Gasteiger partial charge on any atom is -0.332 e. The molecule has 3 amide bonds. The van der Waals surface area contributed by atoms with Gasteiger partial charge in [0, 0.05) is 28.0 Å². The Balaban J connectivity index is 1.78. The van der Waals surface area contributed by atoms with Crippen molar-refractivity contribution in [3.05, 3.63) is 86.8 Å². The number of benzene rings is 2. The van der Waals surface area contributed by atoms with Crippen molar-refractivity contribution in [2.75, 3.05) is 11.9 Å². The van der Waals surface area contributed by atoms with Crippen LogP contribution in [0.3, 0.4) is 0 Å². The molecule has 2 aromatic carbocycles. The summed E-state index contributed by atoms with van der Waals surface area (Å²) in [5.74, 6) is -0.712. The van der Waals surface area contributed by atoms with E-state index >= 15 is 0 Å². The van der Waals surface area contributed by atoms with E-state index < -0.39 is 11.8 Å². The van der Waals surface area contributed by atoms with Crippen molar-refractivity contribution < 1.29 is 14.0 Å². The number of aryl methyl sites for hydroxylation is 1. The van der Waals surface area contributed by atoms with Crippen LogP contribution in [0.2, 0.25) is 5.02 Å². The Kier molecular flexibility index (Phi) is 9.07. The zero-order valence-electron chi connectivity index (χ0n) is 19.6. The van der Waals surface area contributed by atoms with Crippen LogP contribution in [0.25, 0.3) is 0 Å². The molecule has 1 heterocycles. The maximum Gasteiger partial charge on any atom is 0.322 e. The number of hydrogen-bond donors (Lipinski definition) is 1. The van der Waals surface area contributed by atoms with Crippen LogP contribution in [0.15, 0.2) is 60.7 Å². The van der Waals surface area contributed by atoms with Gasteiger partial charge in [-0.1, -0.05) is 48.9 Å². The molecule has 0 radical (unpaired) electrons. The molecule has 5 nitrogen and oxygen atoms in total. The second-order valence-electron chi connectivity index (χ2n) is 8.19. The lowest BCUT2D eigenvalue weighted by Crippen LogP contribution is -2.47. The summed E-state index contributed by atoms with van der Waals surface area (Å²) >= 11 is 7.50. The van der Waals surface area contributed by atoms with Crippen LogP contribution in [-0.2, 0) is 17.9 Å². The molecule has 8 heteroatoms. The van der Waals surface area contributed by atoms with Gasteiger partial charge in [0.2, 0.25) is 5.91 Å². The number of nitrogens with one attached hydrogen (secondary N) is 1. The van der Waals surface area contributed by atoms with E-state index in [4.69, 9.17) is 11.6 Å². The first-order chi connectivity index (χ1) is 16.3. The van der Waals surface area contributed by atoms with E-state index in [0.29, 0.717) is 25.2 Å². The Morgan fingerprint density at radius 1 is 1.09 bits per heavy atom. The van der Waals surface area contributed by atoms with Gasteiger partial charge in [-0.15, -0.1) is 11.3 Å². The number of anilines is 1. The Bertz CT molecular complexity index is 1120. The van der Waals surface area contributed by atoms with Gasteiger partial charge in [0.15, 0.2) is 0 Å². The largest absolute Gasteiger partial charge is 0.332 e. The summed E-state index contributed by atoms with van der Waals surface area (Å²) in [4.78, 5) is 32.1. The van der Waals surface area contributed by atoms with Gasteiger partial charge >= 0.3 is 6.03 Å². The SMILES string of the molecule is CCC(C)N(CC(=O)N(Cc1ccccc1)Cc1ccc(C)s1)C(=O)Nc1ccc(F)c(Cl)c1. The third-order valence-corrected chi connectivity index (χ3v) is 6.85. The molecule has 3 rings (SSSR count). The lowest BCUT2D eigenvalue weighted by atomic mass is 10.2. The topological polar surface area (TPSA) is 52.7 Å². The highest BCUT2D eigenvalue weighted by Gasteiger charge is 2.25. The lowest BCUT2D eigenvalue weighted by molar-refractivity contribution is -0.133. The number of hydrogen-bond acceptors (Lipinski definition) is 3. The fourth-order valence-electron chi connectivity index (χ4n) is 3.46.